The highest BCUT2D eigenvalue weighted by Crippen LogP contribution is 2.40. The first-order chi connectivity index (χ1) is 17.1. The van der Waals surface area contributed by atoms with Crippen molar-refractivity contribution in [2.75, 3.05) is 38.5 Å². The van der Waals surface area contributed by atoms with Crippen molar-refractivity contribution < 1.29 is 13.6 Å². The Morgan fingerprint density at radius 1 is 1.14 bits per heavy atom. The Bertz CT molecular complexity index is 828. The molecule has 3 N–H and O–H groups in total. The van der Waals surface area contributed by atoms with E-state index in [0.717, 1.165) is 50.1 Å². The average Bonchev–Trinajstić information content (AvgIpc) is 2.87. The van der Waals surface area contributed by atoms with Crippen LogP contribution in [0.5, 0.6) is 0 Å². The molecular weight excluding hydrogens is 456 g/mol. The number of carbonyl (C=O) groups is 1. The Morgan fingerprint density at radius 2 is 1.75 bits per heavy atom. The van der Waals surface area contributed by atoms with Crippen LogP contribution in [-0.2, 0) is 10.7 Å². The first-order valence-corrected chi connectivity index (χ1v) is 13.2. The maximum absolute atomic E-state index is 13.5. The van der Waals surface area contributed by atoms with Crippen LogP contribution in [0.15, 0.2) is 54.6 Å². The lowest BCUT2D eigenvalue weighted by atomic mass is 9.79. The van der Waals surface area contributed by atoms with Crippen LogP contribution in [0.1, 0.15) is 70.9 Å². The topological polar surface area (TPSA) is 53.2 Å². The molecule has 1 heterocycles. The number of alkyl halides is 2. The fraction of sp³-hybridized carbons (Fsp3) is 0.567. The molecule has 36 heavy (non-hydrogen) atoms. The average molecular weight is 504 g/mol. The summed E-state index contributed by atoms with van der Waals surface area (Å²) in [6.45, 7) is 12.4. The van der Waals surface area contributed by atoms with Gasteiger partial charge in [0.05, 0.1) is 6.54 Å². The largest absolute Gasteiger partial charge is 0.385 e. The van der Waals surface area contributed by atoms with Gasteiger partial charge >= 0.3 is 0 Å². The van der Waals surface area contributed by atoms with Crippen LogP contribution in [0.3, 0.4) is 0 Å². The number of nitrogens with one attached hydrogen (secondary N) is 3. The fourth-order valence-corrected chi connectivity index (χ4v) is 3.96. The minimum absolute atomic E-state index is 0.123. The zero-order valence-corrected chi connectivity index (χ0v) is 23.0. The second-order valence-electron chi connectivity index (χ2n) is 9.85. The Morgan fingerprint density at radius 3 is 2.25 bits per heavy atom. The molecule has 0 amide bonds. The maximum Gasteiger partial charge on any atom is 0.270 e. The van der Waals surface area contributed by atoms with Gasteiger partial charge in [0.25, 0.3) is 5.92 Å². The molecule has 0 spiro atoms. The van der Waals surface area contributed by atoms with E-state index >= 15 is 0 Å². The molecule has 0 bridgehead atoms. The van der Waals surface area contributed by atoms with E-state index in [1.807, 2.05) is 49.5 Å². The second-order valence-corrected chi connectivity index (χ2v) is 9.85. The lowest BCUT2D eigenvalue weighted by Gasteiger charge is -2.33. The molecule has 202 valence electrons. The number of Topliss-reactive ketones (excluding diaryl/α,β-unsaturated/α-hetero) is 1. The highest BCUT2D eigenvalue weighted by atomic mass is 19.3. The van der Waals surface area contributed by atoms with Gasteiger partial charge in [-0.2, -0.15) is 0 Å². The van der Waals surface area contributed by atoms with Gasteiger partial charge in [-0.05, 0) is 55.8 Å². The Hall–Kier alpha value is -2.31. The van der Waals surface area contributed by atoms with E-state index in [0.29, 0.717) is 18.4 Å². The summed E-state index contributed by atoms with van der Waals surface area (Å²) in [6, 6.07) is 17.0. The molecule has 6 heteroatoms. The quantitative estimate of drug-likeness (QED) is 0.311. The van der Waals surface area contributed by atoms with Crippen LogP contribution < -0.4 is 16.0 Å². The van der Waals surface area contributed by atoms with Gasteiger partial charge in [0.1, 0.15) is 5.78 Å². The van der Waals surface area contributed by atoms with Crippen molar-refractivity contribution in [3.8, 4) is 0 Å². The molecule has 0 radical (unpaired) electrons. The van der Waals surface area contributed by atoms with Crippen LogP contribution in [0, 0.1) is 11.8 Å². The van der Waals surface area contributed by atoms with Gasteiger partial charge < -0.3 is 16.0 Å². The Balaban J connectivity index is 0.000000353. The molecule has 3 unspecified atom stereocenters. The summed E-state index contributed by atoms with van der Waals surface area (Å²) in [5.41, 5.74) is 2.20. The van der Waals surface area contributed by atoms with Crippen molar-refractivity contribution in [1.82, 2.24) is 10.6 Å². The van der Waals surface area contributed by atoms with Crippen molar-refractivity contribution in [2.45, 2.75) is 65.7 Å². The summed E-state index contributed by atoms with van der Waals surface area (Å²) in [6.07, 6.45) is 3.58. The third kappa shape index (κ3) is 12.6. The van der Waals surface area contributed by atoms with E-state index in [4.69, 9.17) is 0 Å². The summed E-state index contributed by atoms with van der Waals surface area (Å²) < 4.78 is 27.1. The van der Waals surface area contributed by atoms with Crippen LogP contribution in [0.25, 0.3) is 0 Å². The first kappa shape index (κ1) is 31.7. The molecule has 2 aromatic carbocycles. The summed E-state index contributed by atoms with van der Waals surface area (Å²) >= 11 is 0. The Labute approximate surface area is 217 Å². The predicted molar refractivity (Wildman–Crippen MR) is 149 cm³/mol. The highest BCUT2D eigenvalue weighted by Gasteiger charge is 2.30. The Kier molecular flexibility index (Phi) is 15.2. The number of fused-ring (bicyclic) bond motifs is 1. The molecule has 4 nitrogen and oxygen atoms in total. The molecule has 2 aromatic rings. The van der Waals surface area contributed by atoms with E-state index in [1.165, 1.54) is 18.9 Å². The third-order valence-corrected chi connectivity index (χ3v) is 6.63. The van der Waals surface area contributed by atoms with E-state index in [1.54, 1.807) is 13.0 Å². The minimum Gasteiger partial charge on any atom is -0.385 e. The molecule has 0 fully saturated rings. The summed E-state index contributed by atoms with van der Waals surface area (Å²) in [5, 5.41) is 9.36. The van der Waals surface area contributed by atoms with Crippen LogP contribution in [-0.4, -0.2) is 39.0 Å². The molecule has 0 saturated heterocycles. The molecule has 3 atom stereocenters. The molecule has 0 saturated carbocycles. The number of likely N-dealkylation sites (N-methyl/N-ethyl adjacent to an activating group) is 1. The van der Waals surface area contributed by atoms with E-state index < -0.39 is 5.92 Å². The van der Waals surface area contributed by atoms with E-state index in [-0.39, 0.29) is 11.3 Å². The van der Waals surface area contributed by atoms with E-state index in [9.17, 15) is 13.6 Å². The van der Waals surface area contributed by atoms with Gasteiger partial charge in [-0.25, -0.2) is 8.78 Å². The monoisotopic (exact) mass is 503 g/mol. The van der Waals surface area contributed by atoms with Crippen molar-refractivity contribution in [3.05, 3.63) is 65.7 Å². The van der Waals surface area contributed by atoms with Gasteiger partial charge in [0, 0.05) is 37.8 Å². The number of ketones is 1. The predicted octanol–water partition coefficient (Wildman–Crippen LogP) is 6.84. The van der Waals surface area contributed by atoms with E-state index in [2.05, 4.69) is 36.7 Å². The number of hydrogen-bond acceptors (Lipinski definition) is 4. The van der Waals surface area contributed by atoms with Crippen molar-refractivity contribution in [1.29, 1.82) is 0 Å². The highest BCUT2D eigenvalue weighted by molar-refractivity contribution is 5.77. The number of rotatable bonds is 10. The molecular formula is C30H47F2N3O. The second kappa shape index (κ2) is 17.2. The van der Waals surface area contributed by atoms with Crippen LogP contribution in [0.2, 0.25) is 0 Å². The fourth-order valence-electron chi connectivity index (χ4n) is 3.96. The van der Waals surface area contributed by atoms with Crippen molar-refractivity contribution in [2.24, 2.45) is 11.8 Å². The summed E-state index contributed by atoms with van der Waals surface area (Å²) in [7, 11) is 1.88. The number of halogens is 2. The molecule has 0 aromatic heterocycles. The standard InChI is InChI=1S/C18H27F2N.C6H14N2O.C6H6/c1-5-12(2)6-7-14-11-21-17-9-8-15(18(4,19)20)10-16(17)13(14)3;1-6(9)5-8-4-3-7-2;1-2-4-6-5-3-1/h8-10,12-14,21H,5-7,11H2,1-4H3;7-8H,3-5H2,1-2H3;1-6H. The molecule has 1 aliphatic rings. The summed E-state index contributed by atoms with van der Waals surface area (Å²) in [4.78, 5) is 10.3. The number of hydrogen-bond donors (Lipinski definition) is 3. The molecule has 0 aliphatic carbocycles. The van der Waals surface area contributed by atoms with Gasteiger partial charge in [-0.15, -0.1) is 0 Å². The van der Waals surface area contributed by atoms with Gasteiger partial charge in [-0.3, -0.25) is 4.79 Å². The smallest absolute Gasteiger partial charge is 0.270 e. The normalized spacial score (nSPS) is 17.3. The van der Waals surface area contributed by atoms with Gasteiger partial charge in [0.2, 0.25) is 0 Å². The summed E-state index contributed by atoms with van der Waals surface area (Å²) in [5.74, 6) is -0.964. The first-order valence-electron chi connectivity index (χ1n) is 13.2. The number of carbonyl (C=O) groups excluding carboxylic acids is 1. The van der Waals surface area contributed by atoms with Crippen LogP contribution >= 0.6 is 0 Å². The minimum atomic E-state index is -2.77. The SMILES string of the molecule is CCC(C)CCC1CNc2ccc(C(C)(F)F)cc2C1C.CNCCNCC(C)=O.c1ccccc1. The zero-order chi connectivity index (χ0) is 27.0. The van der Waals surface area contributed by atoms with Gasteiger partial charge in [0.15, 0.2) is 0 Å². The van der Waals surface area contributed by atoms with Gasteiger partial charge in [-0.1, -0.05) is 76.1 Å². The lowest BCUT2D eigenvalue weighted by molar-refractivity contribution is -0.116. The van der Waals surface area contributed by atoms with Crippen LogP contribution in [0.4, 0.5) is 14.5 Å². The number of anilines is 1. The lowest BCUT2D eigenvalue weighted by Crippen LogP contribution is -2.28. The zero-order valence-electron chi connectivity index (χ0n) is 23.0. The molecule has 3 rings (SSSR count). The molecule has 1 aliphatic heterocycles. The maximum atomic E-state index is 13.5. The number of benzene rings is 2. The third-order valence-electron chi connectivity index (χ3n) is 6.63. The van der Waals surface area contributed by atoms with Crippen molar-refractivity contribution >= 4 is 11.5 Å². The van der Waals surface area contributed by atoms with Crippen molar-refractivity contribution in [3.63, 3.8) is 0 Å².